The molecular weight excluding hydrogens is 236 g/mol. The molecule has 94 valence electrons. The lowest BCUT2D eigenvalue weighted by Gasteiger charge is -2.15. The van der Waals surface area contributed by atoms with Crippen LogP contribution in [-0.2, 0) is 6.42 Å². The van der Waals surface area contributed by atoms with Crippen LogP contribution < -0.4 is 5.73 Å². The van der Waals surface area contributed by atoms with E-state index in [1.54, 1.807) is 0 Å². The zero-order valence-corrected chi connectivity index (χ0v) is 10.9. The molecule has 1 fully saturated rings. The fourth-order valence-electron chi connectivity index (χ4n) is 2.04. The van der Waals surface area contributed by atoms with Gasteiger partial charge >= 0.3 is 0 Å². The average molecular weight is 255 g/mol. The highest BCUT2D eigenvalue weighted by Crippen LogP contribution is 2.13. The molecule has 1 heterocycles. The van der Waals surface area contributed by atoms with Gasteiger partial charge in [-0.1, -0.05) is 19.1 Å². The lowest BCUT2D eigenvalue weighted by molar-refractivity contribution is 0.0791. The Morgan fingerprint density at radius 3 is 2.53 bits per heavy atom. The van der Waals surface area contributed by atoms with Gasteiger partial charge in [0.25, 0.3) is 5.91 Å². The summed E-state index contributed by atoms with van der Waals surface area (Å²) in [5.41, 5.74) is 7.82. The van der Waals surface area contributed by atoms with Gasteiger partial charge in [0.05, 0.1) is 0 Å². The molecule has 1 aromatic carbocycles. The number of likely N-dealkylation sites (tertiary alicyclic amines) is 1. The van der Waals surface area contributed by atoms with Crippen LogP contribution in [-0.4, -0.2) is 29.9 Å². The number of aryl methyl sites for hydroxylation is 1. The van der Waals surface area contributed by atoms with Gasteiger partial charge in [-0.3, -0.25) is 4.79 Å². The molecule has 17 heavy (non-hydrogen) atoms. The molecule has 1 aliphatic heterocycles. The maximum Gasteiger partial charge on any atom is 0.253 e. The van der Waals surface area contributed by atoms with Crippen LogP contribution in [0.5, 0.6) is 0 Å². The summed E-state index contributed by atoms with van der Waals surface area (Å²) < 4.78 is 0. The summed E-state index contributed by atoms with van der Waals surface area (Å²) in [6, 6.07) is 8.00. The normalized spacial score (nSPS) is 18.9. The second kappa shape index (κ2) is 6.03. The lowest BCUT2D eigenvalue weighted by Crippen LogP contribution is -2.31. The van der Waals surface area contributed by atoms with E-state index in [9.17, 15) is 4.79 Å². The van der Waals surface area contributed by atoms with E-state index >= 15 is 0 Å². The third kappa shape index (κ3) is 3.20. The molecule has 0 bridgehead atoms. The van der Waals surface area contributed by atoms with Crippen molar-refractivity contribution < 1.29 is 4.79 Å². The Hall–Kier alpha value is -1.06. The second-order valence-electron chi connectivity index (χ2n) is 4.35. The second-order valence-corrected chi connectivity index (χ2v) is 4.35. The van der Waals surface area contributed by atoms with Crippen LogP contribution in [0.2, 0.25) is 0 Å². The maximum absolute atomic E-state index is 12.1. The number of rotatable bonds is 2. The van der Waals surface area contributed by atoms with E-state index in [4.69, 9.17) is 5.73 Å². The molecule has 0 saturated carbocycles. The fourth-order valence-corrected chi connectivity index (χ4v) is 2.04. The van der Waals surface area contributed by atoms with Crippen LogP contribution in [0.15, 0.2) is 24.3 Å². The monoisotopic (exact) mass is 254 g/mol. The largest absolute Gasteiger partial charge is 0.337 e. The Morgan fingerprint density at radius 1 is 1.41 bits per heavy atom. The molecule has 0 radical (unpaired) electrons. The minimum Gasteiger partial charge on any atom is -0.337 e. The molecule has 1 aromatic rings. The molecule has 4 heteroatoms. The van der Waals surface area contributed by atoms with Crippen molar-refractivity contribution in [2.75, 3.05) is 13.1 Å². The van der Waals surface area contributed by atoms with Gasteiger partial charge in [-0.05, 0) is 30.5 Å². The maximum atomic E-state index is 12.1. The van der Waals surface area contributed by atoms with Crippen LogP contribution in [0.3, 0.4) is 0 Å². The minimum absolute atomic E-state index is 0. The van der Waals surface area contributed by atoms with Crippen LogP contribution in [0.4, 0.5) is 0 Å². The van der Waals surface area contributed by atoms with Crippen LogP contribution >= 0.6 is 12.4 Å². The molecule has 0 aromatic heterocycles. The standard InChI is InChI=1S/C13H18N2O.ClH/c1-2-10-3-5-11(6-4-10)13(16)15-8-7-12(14)9-15;/h3-6,12H,2,7-9,14H2,1H3;1H/t12-;/m0./s1. The lowest BCUT2D eigenvalue weighted by atomic mass is 10.1. The third-order valence-electron chi connectivity index (χ3n) is 3.12. The summed E-state index contributed by atoms with van der Waals surface area (Å²) in [5, 5.41) is 0. The van der Waals surface area contributed by atoms with E-state index in [-0.39, 0.29) is 24.4 Å². The van der Waals surface area contributed by atoms with Gasteiger partial charge < -0.3 is 10.6 Å². The van der Waals surface area contributed by atoms with Crippen LogP contribution in [0.25, 0.3) is 0 Å². The molecular formula is C13H19ClN2O. The number of amides is 1. The van der Waals surface area contributed by atoms with E-state index < -0.39 is 0 Å². The number of hydrogen-bond acceptors (Lipinski definition) is 2. The van der Waals surface area contributed by atoms with E-state index in [2.05, 4.69) is 6.92 Å². The summed E-state index contributed by atoms with van der Waals surface area (Å²) >= 11 is 0. The molecule has 2 N–H and O–H groups in total. The Balaban J connectivity index is 0.00000144. The highest BCUT2D eigenvalue weighted by atomic mass is 35.5. The van der Waals surface area contributed by atoms with Crippen molar-refractivity contribution in [2.45, 2.75) is 25.8 Å². The quantitative estimate of drug-likeness (QED) is 0.876. The van der Waals surface area contributed by atoms with Crippen molar-refractivity contribution in [3.63, 3.8) is 0 Å². The molecule has 0 spiro atoms. The summed E-state index contributed by atoms with van der Waals surface area (Å²) in [6.45, 7) is 3.58. The van der Waals surface area contributed by atoms with Gasteiger partial charge in [0.2, 0.25) is 0 Å². The van der Waals surface area contributed by atoms with Crippen molar-refractivity contribution in [3.8, 4) is 0 Å². The number of benzene rings is 1. The first-order valence-electron chi connectivity index (χ1n) is 5.84. The number of halogens is 1. The summed E-state index contributed by atoms with van der Waals surface area (Å²) in [7, 11) is 0. The number of carbonyl (C=O) groups is 1. The first kappa shape index (κ1) is 14.0. The zero-order valence-electron chi connectivity index (χ0n) is 10.1. The highest BCUT2D eigenvalue weighted by Gasteiger charge is 2.24. The molecule has 1 saturated heterocycles. The molecule has 0 aliphatic carbocycles. The van der Waals surface area contributed by atoms with Crippen molar-refractivity contribution in [3.05, 3.63) is 35.4 Å². The first-order valence-corrected chi connectivity index (χ1v) is 5.84. The topological polar surface area (TPSA) is 46.3 Å². The van der Waals surface area contributed by atoms with Gasteiger partial charge in [0.15, 0.2) is 0 Å². The van der Waals surface area contributed by atoms with E-state index in [1.807, 2.05) is 29.2 Å². The predicted molar refractivity (Wildman–Crippen MR) is 71.6 cm³/mol. The van der Waals surface area contributed by atoms with Gasteiger partial charge in [-0.25, -0.2) is 0 Å². The van der Waals surface area contributed by atoms with E-state index in [1.165, 1.54) is 5.56 Å². The van der Waals surface area contributed by atoms with Crippen LogP contribution in [0.1, 0.15) is 29.3 Å². The van der Waals surface area contributed by atoms with E-state index in [0.29, 0.717) is 6.54 Å². The first-order chi connectivity index (χ1) is 7.70. The minimum atomic E-state index is 0. The Labute approximate surface area is 108 Å². The van der Waals surface area contributed by atoms with Crippen molar-refractivity contribution >= 4 is 18.3 Å². The predicted octanol–water partition coefficient (Wildman–Crippen LogP) is 1.84. The zero-order chi connectivity index (χ0) is 11.5. The molecule has 2 rings (SSSR count). The average Bonchev–Trinajstić information content (AvgIpc) is 2.75. The Kier molecular flexibility index (Phi) is 4.97. The highest BCUT2D eigenvalue weighted by molar-refractivity contribution is 5.94. The summed E-state index contributed by atoms with van der Waals surface area (Å²) in [6.07, 6.45) is 1.92. The number of carbonyl (C=O) groups excluding carboxylic acids is 1. The van der Waals surface area contributed by atoms with Gasteiger partial charge in [-0.15, -0.1) is 12.4 Å². The SMILES string of the molecule is CCc1ccc(C(=O)N2CC[C@H](N)C2)cc1.Cl. The smallest absolute Gasteiger partial charge is 0.253 e. The number of nitrogens with zero attached hydrogens (tertiary/aromatic N) is 1. The molecule has 1 atom stereocenters. The summed E-state index contributed by atoms with van der Waals surface area (Å²) in [4.78, 5) is 13.9. The van der Waals surface area contributed by atoms with E-state index in [0.717, 1.165) is 24.9 Å². The number of hydrogen-bond donors (Lipinski definition) is 1. The molecule has 0 unspecified atom stereocenters. The molecule has 1 aliphatic rings. The van der Waals surface area contributed by atoms with Crippen LogP contribution in [0, 0.1) is 0 Å². The molecule has 1 amide bonds. The number of nitrogens with two attached hydrogens (primary N) is 1. The fraction of sp³-hybridized carbons (Fsp3) is 0.462. The Morgan fingerprint density at radius 2 is 2.06 bits per heavy atom. The molecule has 3 nitrogen and oxygen atoms in total. The van der Waals surface area contributed by atoms with Crippen molar-refractivity contribution in [2.24, 2.45) is 5.73 Å². The van der Waals surface area contributed by atoms with Crippen molar-refractivity contribution in [1.29, 1.82) is 0 Å². The van der Waals surface area contributed by atoms with Crippen molar-refractivity contribution in [1.82, 2.24) is 4.90 Å². The summed E-state index contributed by atoms with van der Waals surface area (Å²) in [5.74, 6) is 0.107. The van der Waals surface area contributed by atoms with Gasteiger partial charge in [-0.2, -0.15) is 0 Å². The van der Waals surface area contributed by atoms with Gasteiger partial charge in [0, 0.05) is 24.7 Å². The third-order valence-corrected chi connectivity index (χ3v) is 3.12. The van der Waals surface area contributed by atoms with Gasteiger partial charge in [0.1, 0.15) is 0 Å². The Bertz CT molecular complexity index is 378.